The summed E-state index contributed by atoms with van der Waals surface area (Å²) < 4.78 is 4.07. The Kier molecular flexibility index (Phi) is 4.94. The molecule has 0 bridgehead atoms. The van der Waals surface area contributed by atoms with E-state index in [2.05, 4.69) is 32.8 Å². The maximum atomic E-state index is 9.24. The monoisotopic (exact) mass is 332 g/mol. The van der Waals surface area contributed by atoms with Crippen molar-refractivity contribution < 1.29 is 0 Å². The molecule has 1 aliphatic heterocycles. The van der Waals surface area contributed by atoms with Gasteiger partial charge in [-0.2, -0.15) is 9.64 Å². The normalized spacial score (nSPS) is 16.4. The minimum atomic E-state index is 0.128. The van der Waals surface area contributed by atoms with Crippen molar-refractivity contribution >= 4 is 28.1 Å². The summed E-state index contributed by atoms with van der Waals surface area (Å²) in [6, 6.07) is 12.6. The van der Waals surface area contributed by atoms with E-state index in [9.17, 15) is 5.26 Å². The van der Waals surface area contributed by atoms with Gasteiger partial charge in [-0.1, -0.05) is 41.9 Å². The van der Waals surface area contributed by atoms with E-state index in [0.29, 0.717) is 5.56 Å². The number of nitrogens with one attached hydrogen (secondary N) is 1. The molecule has 1 saturated heterocycles. The van der Waals surface area contributed by atoms with E-state index in [1.807, 2.05) is 18.2 Å². The minimum Gasteiger partial charge on any atom is -0.366 e. The fourth-order valence-corrected chi connectivity index (χ4v) is 3.76. The summed E-state index contributed by atoms with van der Waals surface area (Å²) in [5, 5.41) is 13.7. The van der Waals surface area contributed by atoms with Gasteiger partial charge in [-0.05, 0) is 43.0 Å². The van der Waals surface area contributed by atoms with Crippen LogP contribution in [0.3, 0.4) is 0 Å². The molecule has 0 spiro atoms. The van der Waals surface area contributed by atoms with Crippen molar-refractivity contribution in [2.75, 3.05) is 25.0 Å². The lowest BCUT2D eigenvalue weighted by molar-refractivity contribution is 0.323. The van der Waals surface area contributed by atoms with E-state index >= 15 is 0 Å². The molecule has 0 radical (unpaired) electrons. The highest BCUT2D eigenvalue weighted by Crippen LogP contribution is 2.31. The summed E-state index contributed by atoms with van der Waals surface area (Å²) in [6.45, 7) is 3.20. The van der Waals surface area contributed by atoms with E-state index in [-0.39, 0.29) is 11.2 Å². The number of benzene rings is 1. The van der Waals surface area contributed by atoms with Crippen LogP contribution in [0.1, 0.15) is 30.0 Å². The van der Waals surface area contributed by atoms with Gasteiger partial charge in [-0.3, -0.25) is 0 Å². The zero-order valence-corrected chi connectivity index (χ0v) is 13.7. The molecule has 0 aliphatic carbocycles. The van der Waals surface area contributed by atoms with Crippen LogP contribution in [0.5, 0.6) is 0 Å². The highest BCUT2D eigenvalue weighted by molar-refractivity contribution is 7.10. The Labute approximate surface area is 139 Å². The number of anilines is 1. The van der Waals surface area contributed by atoms with Gasteiger partial charge >= 0.3 is 0 Å². The number of nitriles is 1. The third-order valence-corrected chi connectivity index (χ3v) is 5.06. The number of nitrogens with zero attached hydrogens (tertiary/aromatic N) is 3. The summed E-state index contributed by atoms with van der Waals surface area (Å²) in [6.07, 6.45) is 2.52. The van der Waals surface area contributed by atoms with Crippen molar-refractivity contribution in [3.8, 4) is 6.07 Å². The average molecular weight is 333 g/mol. The number of hydrogen-bond acceptors (Lipinski definition) is 5. The molecule has 1 N–H and O–H groups in total. The van der Waals surface area contributed by atoms with Crippen LogP contribution < -0.4 is 5.32 Å². The van der Waals surface area contributed by atoms with Gasteiger partial charge in [-0.15, -0.1) is 0 Å². The first kappa shape index (κ1) is 15.3. The van der Waals surface area contributed by atoms with Gasteiger partial charge in [0.1, 0.15) is 16.6 Å². The standard InChI is InChI=1S/C16H17ClN4S/c17-15-13(10-18)16(22-20-15)19-14(11-21-8-4-5-9-21)12-6-2-1-3-7-12/h1-3,6-7,14,19H,4-5,8-9,11H2. The Morgan fingerprint density at radius 3 is 2.73 bits per heavy atom. The number of rotatable bonds is 5. The third-order valence-electron chi connectivity index (χ3n) is 3.91. The van der Waals surface area contributed by atoms with Crippen LogP contribution in [0.2, 0.25) is 5.15 Å². The molecule has 2 aromatic rings. The van der Waals surface area contributed by atoms with Crippen LogP contribution in [-0.2, 0) is 0 Å². The second-order valence-electron chi connectivity index (χ2n) is 5.40. The lowest BCUT2D eigenvalue weighted by Crippen LogP contribution is -2.29. The van der Waals surface area contributed by atoms with Crippen molar-refractivity contribution in [2.24, 2.45) is 0 Å². The molecule has 1 aliphatic rings. The van der Waals surface area contributed by atoms with Crippen molar-refractivity contribution in [1.29, 1.82) is 5.26 Å². The maximum absolute atomic E-state index is 9.24. The molecule has 1 aromatic carbocycles. The summed E-state index contributed by atoms with van der Waals surface area (Å²) in [5.74, 6) is 0. The molecule has 1 unspecified atom stereocenters. The zero-order valence-electron chi connectivity index (χ0n) is 12.1. The molecule has 22 heavy (non-hydrogen) atoms. The Morgan fingerprint density at radius 1 is 1.32 bits per heavy atom. The zero-order chi connectivity index (χ0) is 15.4. The van der Waals surface area contributed by atoms with Crippen LogP contribution in [0.15, 0.2) is 30.3 Å². The summed E-state index contributed by atoms with van der Waals surface area (Å²) in [7, 11) is 0. The number of likely N-dealkylation sites (tertiary alicyclic amines) is 1. The van der Waals surface area contributed by atoms with E-state index in [0.717, 1.165) is 24.6 Å². The molecule has 6 heteroatoms. The third kappa shape index (κ3) is 3.41. The largest absolute Gasteiger partial charge is 0.366 e. The first-order valence-electron chi connectivity index (χ1n) is 7.37. The highest BCUT2D eigenvalue weighted by Gasteiger charge is 2.21. The number of hydrogen-bond donors (Lipinski definition) is 1. The Bertz CT molecular complexity index is 659. The molecule has 3 rings (SSSR count). The Morgan fingerprint density at radius 2 is 2.05 bits per heavy atom. The van der Waals surface area contributed by atoms with Crippen molar-refractivity contribution in [3.63, 3.8) is 0 Å². The van der Waals surface area contributed by atoms with Crippen molar-refractivity contribution in [3.05, 3.63) is 46.6 Å². The molecule has 1 fully saturated rings. The minimum absolute atomic E-state index is 0.128. The van der Waals surface area contributed by atoms with E-state index < -0.39 is 0 Å². The molecule has 0 saturated carbocycles. The van der Waals surface area contributed by atoms with Crippen LogP contribution >= 0.6 is 23.1 Å². The number of halogens is 1. The van der Waals surface area contributed by atoms with Gasteiger partial charge in [0.15, 0.2) is 5.15 Å². The molecule has 4 nitrogen and oxygen atoms in total. The van der Waals surface area contributed by atoms with E-state index in [1.54, 1.807) is 0 Å². The van der Waals surface area contributed by atoms with Crippen molar-refractivity contribution in [1.82, 2.24) is 9.27 Å². The SMILES string of the molecule is N#Cc1c(Cl)nsc1NC(CN1CCCC1)c1ccccc1. The second-order valence-corrected chi connectivity index (χ2v) is 6.54. The predicted molar refractivity (Wildman–Crippen MR) is 90.3 cm³/mol. The lowest BCUT2D eigenvalue weighted by Gasteiger charge is -2.25. The van der Waals surface area contributed by atoms with Gasteiger partial charge in [0.2, 0.25) is 0 Å². The smallest absolute Gasteiger partial charge is 0.162 e. The second kappa shape index (κ2) is 7.10. The van der Waals surface area contributed by atoms with Crippen LogP contribution in [0.4, 0.5) is 5.00 Å². The number of aromatic nitrogens is 1. The molecule has 1 aromatic heterocycles. The van der Waals surface area contributed by atoms with Crippen molar-refractivity contribution in [2.45, 2.75) is 18.9 Å². The summed E-state index contributed by atoms with van der Waals surface area (Å²) in [5.41, 5.74) is 1.65. The van der Waals surface area contributed by atoms with Gasteiger partial charge < -0.3 is 10.2 Å². The first-order chi connectivity index (χ1) is 10.8. The fourth-order valence-electron chi connectivity index (χ4n) is 2.77. The van der Waals surface area contributed by atoms with E-state index in [1.165, 1.54) is 29.9 Å². The van der Waals surface area contributed by atoms with Crippen LogP contribution in [-0.4, -0.2) is 28.9 Å². The molecular weight excluding hydrogens is 316 g/mol. The molecular formula is C16H17ClN4S. The Balaban J connectivity index is 1.83. The van der Waals surface area contributed by atoms with Gasteiger partial charge in [0, 0.05) is 6.54 Å². The van der Waals surface area contributed by atoms with Crippen LogP contribution in [0.25, 0.3) is 0 Å². The lowest BCUT2D eigenvalue weighted by atomic mass is 10.1. The highest BCUT2D eigenvalue weighted by atomic mass is 35.5. The average Bonchev–Trinajstić information content (AvgIpc) is 3.17. The first-order valence-corrected chi connectivity index (χ1v) is 8.52. The quantitative estimate of drug-likeness (QED) is 0.901. The molecule has 114 valence electrons. The van der Waals surface area contributed by atoms with Crippen LogP contribution in [0, 0.1) is 11.3 Å². The fraction of sp³-hybridized carbons (Fsp3) is 0.375. The summed E-state index contributed by atoms with van der Waals surface area (Å²) >= 11 is 7.22. The Hall–Kier alpha value is -1.61. The van der Waals surface area contributed by atoms with Gasteiger partial charge in [-0.25, -0.2) is 0 Å². The predicted octanol–water partition coefficient (Wildman–Crippen LogP) is 3.92. The van der Waals surface area contributed by atoms with Gasteiger partial charge in [0.05, 0.1) is 6.04 Å². The summed E-state index contributed by atoms with van der Waals surface area (Å²) in [4.78, 5) is 2.46. The maximum Gasteiger partial charge on any atom is 0.162 e. The molecule has 1 atom stereocenters. The van der Waals surface area contributed by atoms with E-state index in [4.69, 9.17) is 11.6 Å². The molecule has 0 amide bonds. The van der Waals surface area contributed by atoms with Gasteiger partial charge in [0.25, 0.3) is 0 Å². The molecule has 2 heterocycles. The topological polar surface area (TPSA) is 52.0 Å².